The van der Waals surface area contributed by atoms with Gasteiger partial charge < -0.3 is 9.64 Å². The van der Waals surface area contributed by atoms with Crippen molar-refractivity contribution in [2.75, 3.05) is 25.1 Å². The fourth-order valence-electron chi connectivity index (χ4n) is 2.89. The van der Waals surface area contributed by atoms with Crippen LogP contribution in [0, 0.1) is 5.92 Å². The van der Waals surface area contributed by atoms with Crippen LogP contribution in [0.15, 0.2) is 41.5 Å². The Kier molecular flexibility index (Phi) is 4.72. The van der Waals surface area contributed by atoms with E-state index in [1.807, 2.05) is 12.1 Å². The van der Waals surface area contributed by atoms with Crippen molar-refractivity contribution in [3.05, 3.63) is 52.8 Å². The third-order valence-corrected chi connectivity index (χ3v) is 5.03. The molecule has 0 unspecified atom stereocenters. The summed E-state index contributed by atoms with van der Waals surface area (Å²) in [6.45, 7) is 2.70. The number of ether oxygens (including phenoxy) is 1. The quantitative estimate of drug-likeness (QED) is 0.649. The van der Waals surface area contributed by atoms with Crippen LogP contribution in [-0.2, 0) is 17.9 Å². The Bertz CT molecular complexity index is 936. The maximum Gasteiger partial charge on any atom is 0.266 e. The van der Waals surface area contributed by atoms with Crippen molar-refractivity contribution >= 4 is 16.7 Å². The smallest absolute Gasteiger partial charge is 0.266 e. The van der Waals surface area contributed by atoms with Gasteiger partial charge in [-0.1, -0.05) is 0 Å². The summed E-state index contributed by atoms with van der Waals surface area (Å²) in [6.07, 6.45) is 3.46. The molecular formula is C17H18N6O2S. The second-order valence-corrected chi connectivity index (χ2v) is 6.91. The standard InChI is InChI=1S/C17H18N6O2S/c1-25-11-15-19-17(26-21-15)22-8-12(9-22)10-23-16(24)5-4-14(20-23)13-3-2-6-18-7-13/h2-7,12H,8-11H2,1H3. The highest BCUT2D eigenvalue weighted by atomic mass is 32.1. The van der Waals surface area contributed by atoms with Crippen molar-refractivity contribution in [1.29, 1.82) is 0 Å². The lowest BCUT2D eigenvalue weighted by Crippen LogP contribution is -2.49. The Balaban J connectivity index is 1.41. The van der Waals surface area contributed by atoms with Gasteiger partial charge >= 0.3 is 0 Å². The molecule has 134 valence electrons. The highest BCUT2D eigenvalue weighted by Gasteiger charge is 2.30. The predicted molar refractivity (Wildman–Crippen MR) is 98.1 cm³/mol. The number of aromatic nitrogens is 5. The van der Waals surface area contributed by atoms with Crippen LogP contribution in [0.25, 0.3) is 11.3 Å². The van der Waals surface area contributed by atoms with Gasteiger partial charge in [0.2, 0.25) is 5.13 Å². The van der Waals surface area contributed by atoms with Gasteiger partial charge in [-0.2, -0.15) is 9.47 Å². The van der Waals surface area contributed by atoms with Crippen LogP contribution in [0.3, 0.4) is 0 Å². The van der Waals surface area contributed by atoms with Crippen molar-refractivity contribution in [2.45, 2.75) is 13.2 Å². The van der Waals surface area contributed by atoms with E-state index >= 15 is 0 Å². The van der Waals surface area contributed by atoms with E-state index in [0.717, 1.165) is 29.5 Å². The maximum atomic E-state index is 12.1. The molecule has 1 fully saturated rings. The average Bonchev–Trinajstić information content (AvgIpc) is 3.08. The molecule has 26 heavy (non-hydrogen) atoms. The van der Waals surface area contributed by atoms with Crippen molar-refractivity contribution < 1.29 is 4.74 Å². The molecule has 0 atom stereocenters. The van der Waals surface area contributed by atoms with Crippen molar-refractivity contribution in [3.63, 3.8) is 0 Å². The molecule has 3 aromatic rings. The Morgan fingerprint density at radius 1 is 1.31 bits per heavy atom. The van der Waals surface area contributed by atoms with E-state index in [1.165, 1.54) is 11.5 Å². The van der Waals surface area contributed by atoms with Gasteiger partial charge in [0, 0.05) is 61.7 Å². The molecule has 0 aliphatic carbocycles. The van der Waals surface area contributed by atoms with Gasteiger partial charge in [0.15, 0.2) is 5.82 Å². The normalized spacial score (nSPS) is 14.4. The molecule has 9 heteroatoms. The summed E-state index contributed by atoms with van der Waals surface area (Å²) in [5.74, 6) is 1.07. The molecule has 1 aliphatic rings. The van der Waals surface area contributed by atoms with E-state index in [2.05, 4.69) is 24.3 Å². The summed E-state index contributed by atoms with van der Waals surface area (Å²) >= 11 is 1.38. The molecule has 1 saturated heterocycles. The molecular weight excluding hydrogens is 352 g/mol. The molecule has 0 aromatic carbocycles. The first-order chi connectivity index (χ1) is 12.7. The van der Waals surface area contributed by atoms with E-state index in [4.69, 9.17) is 4.74 Å². The van der Waals surface area contributed by atoms with Crippen LogP contribution in [0.2, 0.25) is 0 Å². The molecule has 0 N–H and O–H groups in total. The zero-order chi connectivity index (χ0) is 17.9. The molecule has 4 heterocycles. The Labute approximate surface area is 154 Å². The fraction of sp³-hybridized carbons (Fsp3) is 0.353. The van der Waals surface area contributed by atoms with Crippen molar-refractivity contribution in [2.24, 2.45) is 5.92 Å². The van der Waals surface area contributed by atoms with E-state index < -0.39 is 0 Å². The first kappa shape index (κ1) is 16.8. The lowest BCUT2D eigenvalue weighted by Gasteiger charge is -2.38. The highest BCUT2D eigenvalue weighted by molar-refractivity contribution is 7.09. The zero-order valence-electron chi connectivity index (χ0n) is 14.3. The summed E-state index contributed by atoms with van der Waals surface area (Å²) in [7, 11) is 1.63. The summed E-state index contributed by atoms with van der Waals surface area (Å²) in [6, 6.07) is 7.09. The maximum absolute atomic E-state index is 12.1. The van der Waals surface area contributed by atoms with E-state index in [1.54, 1.807) is 36.3 Å². The van der Waals surface area contributed by atoms with Crippen molar-refractivity contribution in [1.82, 2.24) is 24.1 Å². The molecule has 4 rings (SSSR count). The van der Waals surface area contributed by atoms with Gasteiger partial charge in [-0.15, -0.1) is 0 Å². The van der Waals surface area contributed by atoms with Gasteiger partial charge in [0.25, 0.3) is 5.56 Å². The van der Waals surface area contributed by atoms with Gasteiger partial charge in [-0.05, 0) is 18.2 Å². The van der Waals surface area contributed by atoms with Gasteiger partial charge in [-0.25, -0.2) is 9.67 Å². The minimum Gasteiger partial charge on any atom is -0.377 e. The monoisotopic (exact) mass is 370 g/mol. The minimum atomic E-state index is -0.0885. The molecule has 0 amide bonds. The number of hydrogen-bond acceptors (Lipinski definition) is 8. The minimum absolute atomic E-state index is 0.0885. The zero-order valence-corrected chi connectivity index (χ0v) is 15.1. The number of methoxy groups -OCH3 is 1. The Morgan fingerprint density at radius 2 is 2.19 bits per heavy atom. The van der Waals surface area contributed by atoms with Gasteiger partial charge in [0.1, 0.15) is 6.61 Å². The van der Waals surface area contributed by atoms with Gasteiger partial charge in [0.05, 0.1) is 12.2 Å². The molecule has 0 spiro atoms. The van der Waals surface area contributed by atoms with Crippen LogP contribution in [0.1, 0.15) is 5.82 Å². The van der Waals surface area contributed by atoms with Crippen LogP contribution in [0.5, 0.6) is 0 Å². The molecule has 0 bridgehead atoms. The number of rotatable bonds is 6. The molecule has 3 aromatic heterocycles. The molecule has 0 saturated carbocycles. The second kappa shape index (κ2) is 7.30. The number of hydrogen-bond donors (Lipinski definition) is 0. The van der Waals surface area contributed by atoms with E-state index in [-0.39, 0.29) is 5.56 Å². The first-order valence-corrected chi connectivity index (χ1v) is 9.05. The third kappa shape index (κ3) is 3.49. The van der Waals surface area contributed by atoms with Crippen LogP contribution < -0.4 is 10.5 Å². The molecule has 8 nitrogen and oxygen atoms in total. The molecule has 1 aliphatic heterocycles. The summed E-state index contributed by atoms with van der Waals surface area (Å²) in [5, 5.41) is 5.40. The summed E-state index contributed by atoms with van der Waals surface area (Å²) in [4.78, 5) is 22.9. The average molecular weight is 370 g/mol. The Morgan fingerprint density at radius 3 is 2.96 bits per heavy atom. The second-order valence-electron chi connectivity index (χ2n) is 6.18. The largest absolute Gasteiger partial charge is 0.377 e. The predicted octanol–water partition coefficient (Wildman–Crippen LogP) is 1.44. The summed E-state index contributed by atoms with van der Waals surface area (Å²) < 4.78 is 10.9. The fourth-order valence-corrected chi connectivity index (χ4v) is 3.59. The number of pyridine rings is 1. The SMILES string of the molecule is COCc1nsc(N2CC(Cn3nc(-c4cccnc4)ccc3=O)C2)n1. The number of nitrogens with zero attached hydrogens (tertiary/aromatic N) is 6. The third-order valence-electron chi connectivity index (χ3n) is 4.21. The lowest BCUT2D eigenvalue weighted by atomic mass is 10.0. The highest BCUT2D eigenvalue weighted by Crippen LogP contribution is 2.27. The van der Waals surface area contributed by atoms with Crippen LogP contribution >= 0.6 is 11.5 Å². The lowest BCUT2D eigenvalue weighted by molar-refractivity contribution is 0.179. The number of anilines is 1. The van der Waals surface area contributed by atoms with Crippen molar-refractivity contribution in [3.8, 4) is 11.3 Å². The van der Waals surface area contributed by atoms with E-state index in [9.17, 15) is 4.79 Å². The first-order valence-electron chi connectivity index (χ1n) is 8.28. The topological polar surface area (TPSA) is 86.0 Å². The van der Waals surface area contributed by atoms with E-state index in [0.29, 0.717) is 24.9 Å². The van der Waals surface area contributed by atoms with Crippen LogP contribution in [0.4, 0.5) is 5.13 Å². The molecule has 0 radical (unpaired) electrons. The summed E-state index contributed by atoms with van der Waals surface area (Å²) in [5.41, 5.74) is 1.56. The van der Waals surface area contributed by atoms with Gasteiger partial charge in [-0.3, -0.25) is 9.78 Å². The Hall–Kier alpha value is -2.65. The van der Waals surface area contributed by atoms with Crippen LogP contribution in [-0.4, -0.2) is 44.3 Å².